The highest BCUT2D eigenvalue weighted by molar-refractivity contribution is 5.78. The molecule has 0 fully saturated rings. The fourth-order valence-corrected chi connectivity index (χ4v) is 4.08. The molecule has 7 heteroatoms. The molecule has 3 N–H and O–H groups in total. The van der Waals surface area contributed by atoms with Gasteiger partial charge in [0.15, 0.2) is 18.1 Å². The number of aliphatic carboxylic acids is 3. The van der Waals surface area contributed by atoms with Gasteiger partial charge in [-0.2, -0.15) is 0 Å². The SMILES string of the molecule is CCCCC/C=C/C[N+](C(CC)C(=O)O)(C(CC)C(=O)O)C(CC)C(=O)O. The summed E-state index contributed by atoms with van der Waals surface area (Å²) in [6, 6.07) is -3.31. The molecule has 0 aromatic carbocycles. The molecule has 0 saturated heterocycles. The van der Waals surface area contributed by atoms with Crippen molar-refractivity contribution in [2.75, 3.05) is 6.54 Å². The molecule has 0 saturated carbocycles. The van der Waals surface area contributed by atoms with Gasteiger partial charge in [0.05, 0.1) is 6.54 Å². The maximum Gasteiger partial charge on any atom is 0.362 e. The number of carboxylic acid groups (broad SMARTS) is 3. The fraction of sp³-hybridized carbons (Fsp3) is 0.750. The summed E-state index contributed by atoms with van der Waals surface area (Å²) in [6.45, 7) is 7.17. The van der Waals surface area contributed by atoms with Gasteiger partial charge in [-0.3, -0.25) is 4.48 Å². The smallest absolute Gasteiger partial charge is 0.362 e. The Kier molecular flexibility index (Phi) is 11.6. The Morgan fingerprint density at radius 2 is 1.15 bits per heavy atom. The van der Waals surface area contributed by atoms with E-state index in [2.05, 4.69) is 6.92 Å². The van der Waals surface area contributed by atoms with E-state index in [9.17, 15) is 29.7 Å². The highest BCUT2D eigenvalue weighted by Gasteiger charge is 2.55. The minimum absolute atomic E-state index is 0.0759. The normalized spacial score (nSPS) is 17.2. The summed E-state index contributed by atoms with van der Waals surface area (Å²) < 4.78 is -0.492. The molecule has 0 aliphatic rings. The number of rotatable bonds is 15. The number of unbranched alkanes of at least 4 members (excludes halogenated alkanes) is 3. The molecule has 0 amide bonds. The molecule has 0 bridgehead atoms. The third-order valence-electron chi connectivity index (χ3n) is 5.32. The molecule has 156 valence electrons. The molecular formula is C20H36NO6+. The second-order valence-electron chi connectivity index (χ2n) is 6.93. The Balaban J connectivity index is 6.25. The standard InChI is InChI=1S/C20H35NO6/c1-5-9-10-11-12-13-14-21(15(6-2)18(22)23,16(7-3)19(24)25)17(8-4)20(26)27/h12-13,15-17H,5-11,14H2,1-4H3,(H2-,22,23,24,25,26,27)/p+1/b13-12+. The van der Waals surface area contributed by atoms with Crippen LogP contribution in [0.3, 0.4) is 0 Å². The molecule has 3 atom stereocenters. The zero-order chi connectivity index (χ0) is 21.0. The molecule has 0 heterocycles. The maximum atomic E-state index is 12.0. The van der Waals surface area contributed by atoms with Crippen LogP contribution in [0.5, 0.6) is 0 Å². The molecule has 0 radical (unpaired) electrons. The Morgan fingerprint density at radius 1 is 0.741 bits per heavy atom. The van der Waals surface area contributed by atoms with Crippen LogP contribution in [0.1, 0.15) is 72.6 Å². The van der Waals surface area contributed by atoms with E-state index in [0.29, 0.717) is 0 Å². The quantitative estimate of drug-likeness (QED) is 0.225. The number of quaternary nitrogens is 1. The summed E-state index contributed by atoms with van der Waals surface area (Å²) in [5.41, 5.74) is 0. The van der Waals surface area contributed by atoms with E-state index in [1.165, 1.54) is 0 Å². The van der Waals surface area contributed by atoms with Crippen LogP contribution in [-0.4, -0.2) is 62.4 Å². The van der Waals surface area contributed by atoms with Crippen molar-refractivity contribution in [2.24, 2.45) is 0 Å². The van der Waals surface area contributed by atoms with Crippen LogP contribution >= 0.6 is 0 Å². The van der Waals surface area contributed by atoms with Crippen LogP contribution in [0.2, 0.25) is 0 Å². The van der Waals surface area contributed by atoms with Crippen LogP contribution in [0, 0.1) is 0 Å². The first-order valence-corrected chi connectivity index (χ1v) is 9.94. The topological polar surface area (TPSA) is 112 Å². The zero-order valence-electron chi connectivity index (χ0n) is 17.1. The first-order valence-electron chi connectivity index (χ1n) is 9.94. The minimum atomic E-state index is -1.16. The van der Waals surface area contributed by atoms with Gasteiger partial charge in [0.25, 0.3) is 0 Å². The average Bonchev–Trinajstić information content (AvgIpc) is 2.58. The zero-order valence-corrected chi connectivity index (χ0v) is 17.1. The predicted molar refractivity (Wildman–Crippen MR) is 104 cm³/mol. The second kappa shape index (κ2) is 12.5. The highest BCUT2D eigenvalue weighted by Crippen LogP contribution is 2.31. The lowest BCUT2D eigenvalue weighted by Gasteiger charge is -2.49. The first-order chi connectivity index (χ1) is 12.7. The van der Waals surface area contributed by atoms with Crippen molar-refractivity contribution >= 4 is 17.9 Å². The summed E-state index contributed by atoms with van der Waals surface area (Å²) in [6.07, 6.45) is 8.14. The molecule has 0 spiro atoms. The molecule has 0 aliphatic carbocycles. The summed E-state index contributed by atoms with van der Waals surface area (Å²) in [5.74, 6) is -3.47. The monoisotopic (exact) mass is 386 g/mol. The lowest BCUT2D eigenvalue weighted by atomic mass is 9.95. The van der Waals surface area contributed by atoms with Gasteiger partial charge in [-0.05, 0) is 18.9 Å². The molecule has 0 aromatic rings. The number of nitrogens with zero attached hydrogens (tertiary/aromatic N) is 1. The van der Waals surface area contributed by atoms with Crippen molar-refractivity contribution in [3.63, 3.8) is 0 Å². The molecular weight excluding hydrogens is 350 g/mol. The van der Waals surface area contributed by atoms with E-state index in [-0.39, 0.29) is 25.8 Å². The Labute approximate surface area is 162 Å². The Hall–Kier alpha value is -1.89. The van der Waals surface area contributed by atoms with Crippen molar-refractivity contribution < 1.29 is 34.2 Å². The van der Waals surface area contributed by atoms with Gasteiger partial charge in [-0.1, -0.05) is 46.6 Å². The third-order valence-corrected chi connectivity index (χ3v) is 5.32. The third kappa shape index (κ3) is 6.34. The van der Waals surface area contributed by atoms with Crippen LogP contribution in [0.4, 0.5) is 0 Å². The van der Waals surface area contributed by atoms with E-state index in [1.807, 2.05) is 6.08 Å². The van der Waals surface area contributed by atoms with Crippen LogP contribution < -0.4 is 0 Å². The van der Waals surface area contributed by atoms with Gasteiger partial charge in [0.2, 0.25) is 0 Å². The van der Waals surface area contributed by atoms with Crippen LogP contribution in [-0.2, 0) is 14.4 Å². The number of hydrogen-bond donors (Lipinski definition) is 3. The van der Waals surface area contributed by atoms with Gasteiger partial charge in [0, 0.05) is 19.3 Å². The van der Waals surface area contributed by atoms with Crippen molar-refractivity contribution in [1.29, 1.82) is 0 Å². The van der Waals surface area contributed by atoms with Crippen molar-refractivity contribution in [3.05, 3.63) is 12.2 Å². The number of hydrogen-bond acceptors (Lipinski definition) is 3. The first kappa shape index (κ1) is 25.1. The maximum absolute atomic E-state index is 12.0. The highest BCUT2D eigenvalue weighted by atomic mass is 16.4. The summed E-state index contributed by atoms with van der Waals surface area (Å²) >= 11 is 0. The molecule has 0 aromatic heterocycles. The number of allylic oxidation sites excluding steroid dienone is 1. The van der Waals surface area contributed by atoms with E-state index < -0.39 is 40.5 Å². The van der Waals surface area contributed by atoms with Gasteiger partial charge in [-0.15, -0.1) is 0 Å². The van der Waals surface area contributed by atoms with Crippen LogP contribution in [0.25, 0.3) is 0 Å². The lowest BCUT2D eigenvalue weighted by molar-refractivity contribution is -0.968. The minimum Gasteiger partial charge on any atom is -0.477 e. The van der Waals surface area contributed by atoms with Gasteiger partial charge < -0.3 is 15.3 Å². The number of carbonyl (C=O) groups is 3. The predicted octanol–water partition coefficient (Wildman–Crippen LogP) is 3.53. The van der Waals surface area contributed by atoms with Gasteiger partial charge >= 0.3 is 17.9 Å². The molecule has 3 unspecified atom stereocenters. The van der Waals surface area contributed by atoms with Gasteiger partial charge in [0.1, 0.15) is 0 Å². The molecule has 0 aliphatic heterocycles. The van der Waals surface area contributed by atoms with E-state index >= 15 is 0 Å². The summed E-state index contributed by atoms with van der Waals surface area (Å²) in [7, 11) is 0. The van der Waals surface area contributed by atoms with Crippen LogP contribution in [0.15, 0.2) is 12.2 Å². The molecule has 27 heavy (non-hydrogen) atoms. The Bertz CT molecular complexity index is 462. The van der Waals surface area contributed by atoms with Crippen molar-refractivity contribution in [1.82, 2.24) is 0 Å². The van der Waals surface area contributed by atoms with E-state index in [0.717, 1.165) is 25.7 Å². The average molecular weight is 387 g/mol. The van der Waals surface area contributed by atoms with Crippen molar-refractivity contribution in [2.45, 2.75) is 90.8 Å². The second-order valence-corrected chi connectivity index (χ2v) is 6.93. The van der Waals surface area contributed by atoms with Crippen molar-refractivity contribution in [3.8, 4) is 0 Å². The molecule has 0 rings (SSSR count). The molecule has 7 nitrogen and oxygen atoms in total. The summed E-state index contributed by atoms with van der Waals surface area (Å²) in [4.78, 5) is 36.0. The van der Waals surface area contributed by atoms with E-state index in [4.69, 9.17) is 0 Å². The fourth-order valence-electron chi connectivity index (χ4n) is 4.08. The number of carboxylic acids is 3. The lowest BCUT2D eigenvalue weighted by Crippen LogP contribution is -2.72. The van der Waals surface area contributed by atoms with E-state index in [1.54, 1.807) is 26.8 Å². The Morgan fingerprint density at radius 3 is 1.44 bits per heavy atom. The largest absolute Gasteiger partial charge is 0.477 e. The summed E-state index contributed by atoms with van der Waals surface area (Å²) in [5, 5.41) is 29.4. The van der Waals surface area contributed by atoms with Gasteiger partial charge in [-0.25, -0.2) is 14.4 Å².